The van der Waals surface area contributed by atoms with E-state index in [2.05, 4.69) is 6.92 Å². The van der Waals surface area contributed by atoms with E-state index in [-0.39, 0.29) is 0 Å². The Hall–Kier alpha value is -1.37. The maximum atomic E-state index is 11.5. The van der Waals surface area contributed by atoms with E-state index < -0.39 is 18.3 Å². The summed E-state index contributed by atoms with van der Waals surface area (Å²) in [5, 5.41) is 0. The predicted molar refractivity (Wildman–Crippen MR) is 103 cm³/mol. The molecule has 2 rings (SSSR count). The van der Waals surface area contributed by atoms with Crippen LogP contribution in [0.5, 0.6) is 5.75 Å². The molecule has 6 heteroatoms. The molecule has 0 atom stereocenters. The lowest BCUT2D eigenvalue weighted by Crippen LogP contribution is -2.41. The number of carbonyl (C=O) groups excluding carboxylic acids is 1. The molecule has 1 saturated heterocycles. The van der Waals surface area contributed by atoms with Crippen LogP contribution in [0.2, 0.25) is 0 Å². The second-order valence-corrected chi connectivity index (χ2v) is 7.63. The van der Waals surface area contributed by atoms with E-state index in [9.17, 15) is 4.79 Å². The van der Waals surface area contributed by atoms with Gasteiger partial charge in [-0.15, -0.1) is 0 Å². The number of ether oxygens (including phenoxy) is 2. The van der Waals surface area contributed by atoms with Gasteiger partial charge in [-0.25, -0.2) is 0 Å². The van der Waals surface area contributed by atoms with Crippen molar-refractivity contribution in [3.8, 4) is 5.75 Å². The summed E-state index contributed by atoms with van der Waals surface area (Å²) in [7, 11) is -0.628. The number of hydrogen-bond acceptors (Lipinski definition) is 5. The van der Waals surface area contributed by atoms with Crippen LogP contribution in [0.1, 0.15) is 64.2 Å². The van der Waals surface area contributed by atoms with Gasteiger partial charge < -0.3 is 18.8 Å². The molecule has 1 aromatic carbocycles. The molecule has 1 aliphatic rings. The lowest BCUT2D eigenvalue weighted by molar-refractivity contribution is 0.00578. The van der Waals surface area contributed by atoms with E-state index in [1.54, 1.807) is 6.07 Å². The predicted octanol–water partition coefficient (Wildman–Crippen LogP) is 3.38. The molecule has 0 aromatic heterocycles. The Morgan fingerprint density at radius 3 is 2.31 bits per heavy atom. The zero-order valence-corrected chi connectivity index (χ0v) is 16.7. The van der Waals surface area contributed by atoms with Crippen molar-refractivity contribution in [1.29, 1.82) is 0 Å². The van der Waals surface area contributed by atoms with E-state index in [4.69, 9.17) is 18.8 Å². The van der Waals surface area contributed by atoms with Crippen molar-refractivity contribution in [3.63, 3.8) is 0 Å². The topological polar surface area (TPSA) is 54.0 Å². The lowest BCUT2D eigenvalue weighted by atomic mass is 9.75. The van der Waals surface area contributed by atoms with Gasteiger partial charge in [0.25, 0.3) is 0 Å². The summed E-state index contributed by atoms with van der Waals surface area (Å²) in [5.41, 5.74) is 0.240. The average Bonchev–Trinajstić information content (AvgIpc) is 2.81. The van der Waals surface area contributed by atoms with Gasteiger partial charge in [-0.1, -0.05) is 25.5 Å². The molecule has 1 aromatic rings. The maximum absolute atomic E-state index is 11.5. The van der Waals surface area contributed by atoms with Crippen LogP contribution in [0, 0.1) is 0 Å². The van der Waals surface area contributed by atoms with Crippen LogP contribution >= 0.6 is 0 Å². The minimum Gasteiger partial charge on any atom is -0.494 e. The third kappa shape index (κ3) is 4.87. The largest absolute Gasteiger partial charge is 0.499 e. The van der Waals surface area contributed by atoms with Gasteiger partial charge in [-0.2, -0.15) is 0 Å². The summed E-state index contributed by atoms with van der Waals surface area (Å²) in [6.45, 7) is 12.1. The van der Waals surface area contributed by atoms with Gasteiger partial charge in [-0.05, 0) is 40.2 Å². The standard InChI is InChI=1S/C20H31BO5/c1-6-7-12-23-13-9-14-24-17-11-8-10-16(15-22)18(17)21-25-19(2,3)20(4,5)26-21/h8,10-11,15H,6-7,9,12-14H2,1-5H3. The molecule has 0 saturated carbocycles. The first-order valence-electron chi connectivity index (χ1n) is 9.46. The molecule has 0 unspecified atom stereocenters. The Morgan fingerprint density at radius 1 is 1.04 bits per heavy atom. The Labute approximate surface area is 157 Å². The highest BCUT2D eigenvalue weighted by molar-refractivity contribution is 6.64. The third-order valence-corrected chi connectivity index (χ3v) is 5.05. The van der Waals surface area contributed by atoms with Crippen LogP contribution in [-0.2, 0) is 14.0 Å². The van der Waals surface area contributed by atoms with Crippen molar-refractivity contribution in [3.05, 3.63) is 23.8 Å². The smallest absolute Gasteiger partial charge is 0.494 e. The monoisotopic (exact) mass is 362 g/mol. The molecule has 0 amide bonds. The molecule has 26 heavy (non-hydrogen) atoms. The van der Waals surface area contributed by atoms with E-state index in [1.807, 2.05) is 39.8 Å². The van der Waals surface area contributed by atoms with E-state index >= 15 is 0 Å². The molecule has 0 aliphatic carbocycles. The summed E-state index contributed by atoms with van der Waals surface area (Å²) in [5.74, 6) is 0.627. The normalized spacial score (nSPS) is 18.1. The fourth-order valence-corrected chi connectivity index (χ4v) is 2.69. The summed E-state index contributed by atoms with van der Waals surface area (Å²) in [6, 6.07) is 5.42. The van der Waals surface area contributed by atoms with Gasteiger partial charge in [-0.3, -0.25) is 4.79 Å². The molecular weight excluding hydrogens is 331 g/mol. The van der Waals surface area contributed by atoms with Crippen molar-refractivity contribution in [2.75, 3.05) is 19.8 Å². The van der Waals surface area contributed by atoms with Gasteiger partial charge in [0.15, 0.2) is 0 Å². The zero-order valence-electron chi connectivity index (χ0n) is 16.7. The van der Waals surface area contributed by atoms with Gasteiger partial charge in [0.1, 0.15) is 12.0 Å². The van der Waals surface area contributed by atoms with Crippen LogP contribution in [-0.4, -0.2) is 44.4 Å². The molecule has 0 N–H and O–H groups in total. The van der Waals surface area contributed by atoms with Gasteiger partial charge in [0, 0.05) is 30.7 Å². The molecule has 5 nitrogen and oxygen atoms in total. The number of aldehydes is 1. The first-order chi connectivity index (χ1) is 12.3. The minimum atomic E-state index is -0.628. The Kier molecular flexibility index (Phi) is 7.27. The number of rotatable bonds is 10. The Balaban J connectivity index is 2.05. The zero-order chi connectivity index (χ0) is 19.2. The summed E-state index contributed by atoms with van der Waals surface area (Å²) in [4.78, 5) is 11.5. The first-order valence-corrected chi connectivity index (χ1v) is 9.46. The second-order valence-electron chi connectivity index (χ2n) is 7.63. The summed E-state index contributed by atoms with van der Waals surface area (Å²) in [6.07, 6.45) is 3.82. The fourth-order valence-electron chi connectivity index (χ4n) is 2.69. The van der Waals surface area contributed by atoms with E-state index in [1.165, 1.54) is 0 Å². The molecular formula is C20H31BO5. The van der Waals surface area contributed by atoms with E-state index in [0.717, 1.165) is 32.2 Å². The Morgan fingerprint density at radius 2 is 1.69 bits per heavy atom. The van der Waals surface area contributed by atoms with Gasteiger partial charge >= 0.3 is 7.12 Å². The summed E-state index contributed by atoms with van der Waals surface area (Å²) >= 11 is 0. The molecule has 0 bridgehead atoms. The van der Waals surface area contributed by atoms with Crippen molar-refractivity contribution < 1.29 is 23.6 Å². The second kappa shape index (κ2) is 9.02. The fraction of sp³-hybridized carbons (Fsp3) is 0.650. The average molecular weight is 362 g/mol. The van der Waals surface area contributed by atoms with Crippen molar-refractivity contribution >= 4 is 18.9 Å². The number of hydrogen-bond donors (Lipinski definition) is 0. The third-order valence-electron chi connectivity index (χ3n) is 5.05. The van der Waals surface area contributed by atoms with Crippen LogP contribution in [0.3, 0.4) is 0 Å². The number of benzene rings is 1. The van der Waals surface area contributed by atoms with Gasteiger partial charge in [0.05, 0.1) is 17.8 Å². The van der Waals surface area contributed by atoms with Crippen LogP contribution in [0.4, 0.5) is 0 Å². The highest BCUT2D eigenvalue weighted by Gasteiger charge is 2.53. The van der Waals surface area contributed by atoms with Crippen molar-refractivity contribution in [2.24, 2.45) is 0 Å². The van der Waals surface area contributed by atoms with E-state index in [0.29, 0.717) is 30.0 Å². The summed E-state index contributed by atoms with van der Waals surface area (Å²) < 4.78 is 23.7. The number of unbranched alkanes of at least 4 members (excludes halogenated alkanes) is 1. The highest BCUT2D eigenvalue weighted by Crippen LogP contribution is 2.37. The van der Waals surface area contributed by atoms with Crippen molar-refractivity contribution in [1.82, 2.24) is 0 Å². The number of carbonyl (C=O) groups is 1. The van der Waals surface area contributed by atoms with Crippen molar-refractivity contribution in [2.45, 2.75) is 65.1 Å². The molecule has 1 heterocycles. The van der Waals surface area contributed by atoms with Crippen LogP contribution < -0.4 is 10.2 Å². The molecule has 0 radical (unpaired) electrons. The molecule has 144 valence electrons. The molecule has 0 spiro atoms. The first kappa shape index (κ1) is 20.9. The molecule has 1 aliphatic heterocycles. The lowest BCUT2D eigenvalue weighted by Gasteiger charge is -2.32. The minimum absolute atomic E-state index is 0.474. The SMILES string of the molecule is CCCCOCCCOc1cccc(C=O)c1B1OC(C)(C)C(C)(C)O1. The maximum Gasteiger partial charge on any atom is 0.499 e. The highest BCUT2D eigenvalue weighted by atomic mass is 16.7. The quantitative estimate of drug-likeness (QED) is 0.363. The molecule has 1 fully saturated rings. The van der Waals surface area contributed by atoms with Gasteiger partial charge in [0.2, 0.25) is 0 Å². The van der Waals surface area contributed by atoms with Crippen LogP contribution in [0.25, 0.3) is 0 Å². The Bertz CT molecular complexity index is 584. The van der Waals surface area contributed by atoms with Crippen LogP contribution in [0.15, 0.2) is 18.2 Å².